The van der Waals surface area contributed by atoms with E-state index in [0.29, 0.717) is 5.92 Å². The van der Waals surface area contributed by atoms with E-state index in [1.54, 1.807) is 0 Å². The summed E-state index contributed by atoms with van der Waals surface area (Å²) in [4.78, 5) is 5.15. The van der Waals surface area contributed by atoms with E-state index in [0.717, 1.165) is 23.9 Å². The van der Waals surface area contributed by atoms with Crippen molar-refractivity contribution < 1.29 is 0 Å². The number of aryl methyl sites for hydroxylation is 1. The number of para-hydroxylation sites is 1. The van der Waals surface area contributed by atoms with E-state index < -0.39 is 0 Å². The maximum Gasteiger partial charge on any atom is 0.0722 e. The van der Waals surface area contributed by atoms with E-state index >= 15 is 0 Å². The molecule has 0 N–H and O–H groups in total. The summed E-state index contributed by atoms with van der Waals surface area (Å²) in [5.41, 5.74) is 11.6. The van der Waals surface area contributed by atoms with Crippen molar-refractivity contribution in [3.8, 4) is 22.3 Å². The predicted octanol–water partition coefficient (Wildman–Crippen LogP) is 8.80. The molecule has 1 heterocycles. The molecule has 0 fully saturated rings. The smallest absolute Gasteiger partial charge is 0.0722 e. The van der Waals surface area contributed by atoms with Crippen LogP contribution < -0.4 is 0 Å². The van der Waals surface area contributed by atoms with Gasteiger partial charge in [0.25, 0.3) is 0 Å². The lowest BCUT2D eigenvalue weighted by Gasteiger charge is -2.20. The first-order valence-corrected chi connectivity index (χ1v) is 12.4. The van der Waals surface area contributed by atoms with E-state index in [4.69, 9.17) is 4.98 Å². The van der Waals surface area contributed by atoms with Gasteiger partial charge < -0.3 is 0 Å². The molecule has 166 valence electrons. The van der Waals surface area contributed by atoms with Gasteiger partial charge in [0.15, 0.2) is 0 Å². The minimum Gasteiger partial charge on any atom is -0.248 e. The Morgan fingerprint density at radius 3 is 2.14 bits per heavy atom. The maximum atomic E-state index is 5.15. The molecule has 0 amide bonds. The predicted molar refractivity (Wildman–Crippen MR) is 147 cm³/mol. The zero-order valence-electron chi connectivity index (χ0n) is 19.5. The van der Waals surface area contributed by atoms with Crippen LogP contribution in [0.4, 0.5) is 0 Å². The third kappa shape index (κ3) is 3.27. The fraction of sp³-hybridized carbons (Fsp3) is 0.0882. The van der Waals surface area contributed by atoms with Crippen molar-refractivity contribution in [3.05, 3.63) is 138 Å². The van der Waals surface area contributed by atoms with Gasteiger partial charge in [-0.1, -0.05) is 109 Å². The Balaban J connectivity index is 1.62. The van der Waals surface area contributed by atoms with Gasteiger partial charge in [-0.2, -0.15) is 0 Å². The zero-order chi connectivity index (χ0) is 23.2. The lowest BCUT2D eigenvalue weighted by Crippen LogP contribution is -2.01. The lowest BCUT2D eigenvalue weighted by atomic mass is 9.84. The summed E-state index contributed by atoms with van der Waals surface area (Å²) in [5, 5.41) is 2.48. The van der Waals surface area contributed by atoms with Crippen molar-refractivity contribution in [2.75, 3.05) is 0 Å². The largest absolute Gasteiger partial charge is 0.248 e. The topological polar surface area (TPSA) is 12.9 Å². The van der Waals surface area contributed by atoms with Gasteiger partial charge in [0, 0.05) is 22.3 Å². The number of hydrogen-bond acceptors (Lipinski definition) is 1. The summed E-state index contributed by atoms with van der Waals surface area (Å²) in [6.07, 6.45) is 2.14. The van der Waals surface area contributed by atoms with Crippen LogP contribution in [0, 0.1) is 0 Å². The molecule has 1 unspecified atom stereocenters. The van der Waals surface area contributed by atoms with Crippen LogP contribution in [0.5, 0.6) is 0 Å². The molecule has 0 bridgehead atoms. The van der Waals surface area contributed by atoms with Gasteiger partial charge in [0.1, 0.15) is 0 Å². The lowest BCUT2D eigenvalue weighted by molar-refractivity contribution is 0.726. The molecular weight excluding hydrogens is 422 g/mol. The Kier molecular flexibility index (Phi) is 4.73. The molecule has 0 saturated heterocycles. The summed E-state index contributed by atoms with van der Waals surface area (Å²) < 4.78 is 0. The highest BCUT2D eigenvalue weighted by atomic mass is 14.7. The highest BCUT2D eigenvalue weighted by molar-refractivity contribution is 6.15. The Morgan fingerprint density at radius 2 is 1.29 bits per heavy atom. The maximum absolute atomic E-state index is 5.15. The van der Waals surface area contributed by atoms with Gasteiger partial charge in [0.05, 0.1) is 11.0 Å². The molecule has 5 aromatic carbocycles. The van der Waals surface area contributed by atoms with Crippen LogP contribution in [-0.4, -0.2) is 4.98 Å². The quantitative estimate of drug-likeness (QED) is 0.242. The number of hydrogen-bond donors (Lipinski definition) is 0. The average Bonchev–Trinajstić information content (AvgIpc) is 3.10. The second-order valence-electron chi connectivity index (χ2n) is 9.45. The minimum atomic E-state index is 0.378. The normalized spacial score (nSPS) is 14.9. The second-order valence-corrected chi connectivity index (χ2v) is 9.45. The number of nitrogens with zero attached hydrogens (tertiary/aromatic N) is 1. The molecule has 0 saturated carbocycles. The molecular formula is C34H25N. The molecule has 1 nitrogen and oxygen atoms in total. The van der Waals surface area contributed by atoms with Gasteiger partial charge in [-0.3, -0.25) is 0 Å². The van der Waals surface area contributed by atoms with Crippen LogP contribution in [0.1, 0.15) is 29.0 Å². The van der Waals surface area contributed by atoms with Crippen LogP contribution in [0.2, 0.25) is 0 Å². The van der Waals surface area contributed by atoms with Crippen molar-refractivity contribution in [3.63, 3.8) is 0 Å². The van der Waals surface area contributed by atoms with Gasteiger partial charge in [-0.05, 0) is 58.4 Å². The number of pyridine rings is 1. The number of benzene rings is 5. The summed E-state index contributed by atoms with van der Waals surface area (Å²) in [7, 11) is 0. The summed E-state index contributed by atoms with van der Waals surface area (Å²) >= 11 is 0. The van der Waals surface area contributed by atoms with Gasteiger partial charge in [-0.25, -0.2) is 4.98 Å². The monoisotopic (exact) mass is 447 g/mol. The van der Waals surface area contributed by atoms with Crippen LogP contribution >= 0.6 is 0 Å². The molecule has 35 heavy (non-hydrogen) atoms. The third-order valence-corrected chi connectivity index (χ3v) is 7.51. The summed E-state index contributed by atoms with van der Waals surface area (Å²) in [5.74, 6) is 0.378. The number of aromatic nitrogens is 1. The minimum absolute atomic E-state index is 0.378. The first-order valence-electron chi connectivity index (χ1n) is 12.4. The van der Waals surface area contributed by atoms with E-state index in [1.165, 1.54) is 49.7 Å². The third-order valence-electron chi connectivity index (χ3n) is 7.51. The molecule has 1 aromatic heterocycles. The first-order chi connectivity index (χ1) is 17.4. The molecule has 0 spiro atoms. The van der Waals surface area contributed by atoms with Crippen molar-refractivity contribution in [1.82, 2.24) is 4.98 Å². The van der Waals surface area contributed by atoms with E-state index in [2.05, 4.69) is 121 Å². The molecule has 1 atom stereocenters. The van der Waals surface area contributed by atoms with Crippen molar-refractivity contribution >= 4 is 21.8 Å². The zero-order valence-corrected chi connectivity index (χ0v) is 19.5. The fourth-order valence-corrected chi connectivity index (χ4v) is 5.96. The number of rotatable bonds is 2. The summed E-state index contributed by atoms with van der Waals surface area (Å²) in [6, 6.07) is 44.0. The molecule has 1 aliphatic rings. The Labute approximate surface area is 205 Å². The van der Waals surface area contributed by atoms with Crippen molar-refractivity contribution in [2.45, 2.75) is 18.8 Å². The van der Waals surface area contributed by atoms with Crippen LogP contribution in [0.25, 0.3) is 44.1 Å². The highest BCUT2D eigenvalue weighted by Gasteiger charge is 2.26. The van der Waals surface area contributed by atoms with Crippen molar-refractivity contribution in [2.24, 2.45) is 0 Å². The van der Waals surface area contributed by atoms with E-state index in [1.807, 2.05) is 0 Å². The van der Waals surface area contributed by atoms with Crippen LogP contribution in [0.15, 0.2) is 121 Å². The fourth-order valence-electron chi connectivity index (χ4n) is 5.96. The van der Waals surface area contributed by atoms with Gasteiger partial charge in [0.2, 0.25) is 0 Å². The molecule has 0 radical (unpaired) electrons. The van der Waals surface area contributed by atoms with Gasteiger partial charge >= 0.3 is 0 Å². The second kappa shape index (κ2) is 8.21. The van der Waals surface area contributed by atoms with E-state index in [-0.39, 0.29) is 0 Å². The standard InChI is InChI=1S/C34H25N/c1-3-11-23(12-4-1)26-21-19-25-20-22-31-34(32(25)28-16-8-7-15-27(26)28)33(24-13-5-2-6-14-24)29-17-9-10-18-30(29)35-31/h1-18,20,22,26H,19,21H2. The molecule has 6 aromatic rings. The molecule has 1 heteroatoms. The molecule has 7 rings (SSSR count). The Morgan fingerprint density at radius 1 is 0.571 bits per heavy atom. The Hall–Kier alpha value is -4.23. The van der Waals surface area contributed by atoms with Crippen LogP contribution in [-0.2, 0) is 6.42 Å². The summed E-state index contributed by atoms with van der Waals surface area (Å²) in [6.45, 7) is 0. The van der Waals surface area contributed by atoms with Gasteiger partial charge in [-0.15, -0.1) is 0 Å². The highest BCUT2D eigenvalue weighted by Crippen LogP contribution is 2.47. The molecule has 0 aliphatic heterocycles. The average molecular weight is 448 g/mol. The van der Waals surface area contributed by atoms with E-state index in [9.17, 15) is 0 Å². The molecule has 1 aliphatic carbocycles. The Bertz CT molecular complexity index is 1680. The first kappa shape index (κ1) is 20.2. The SMILES string of the molecule is c1ccc(-c2c3ccccc3nc3ccc4c(c23)-c2ccccc2C(c2ccccc2)CC4)cc1. The van der Waals surface area contributed by atoms with Crippen molar-refractivity contribution in [1.29, 1.82) is 0 Å². The van der Waals surface area contributed by atoms with Crippen LogP contribution in [0.3, 0.4) is 0 Å². The number of fused-ring (bicyclic) bond motifs is 6.